The number of benzene rings is 1. The summed E-state index contributed by atoms with van der Waals surface area (Å²) in [6.07, 6.45) is 0.301. The molecule has 1 saturated heterocycles. The first-order valence-corrected chi connectivity index (χ1v) is 5.96. The smallest absolute Gasteiger partial charge is 0.164 e. The molecule has 1 aromatic carbocycles. The Morgan fingerprint density at radius 3 is 2.89 bits per heavy atom. The number of carbonyl (C=O) groups is 1. The Morgan fingerprint density at radius 2 is 2.22 bits per heavy atom. The van der Waals surface area contributed by atoms with E-state index in [1.807, 2.05) is 7.05 Å². The normalized spacial score (nSPS) is 20.9. The van der Waals surface area contributed by atoms with E-state index < -0.39 is 11.6 Å². The van der Waals surface area contributed by atoms with Crippen molar-refractivity contribution in [3.8, 4) is 0 Å². The van der Waals surface area contributed by atoms with Gasteiger partial charge in [-0.05, 0) is 25.2 Å². The lowest BCUT2D eigenvalue weighted by Crippen LogP contribution is -2.49. The Kier molecular flexibility index (Phi) is 4.04. The molecule has 1 atom stereocenters. The Balaban J connectivity index is 2.00. The van der Waals surface area contributed by atoms with Gasteiger partial charge in [0.05, 0.1) is 0 Å². The Hall–Kier alpha value is -1.33. The van der Waals surface area contributed by atoms with Crippen LogP contribution in [-0.4, -0.2) is 43.4 Å². The summed E-state index contributed by atoms with van der Waals surface area (Å²) in [6.45, 7) is 2.58. The third-order valence-corrected chi connectivity index (χ3v) is 3.13. The van der Waals surface area contributed by atoms with Gasteiger partial charge in [-0.25, -0.2) is 8.78 Å². The van der Waals surface area contributed by atoms with Crippen molar-refractivity contribution in [1.29, 1.82) is 0 Å². The maximum atomic E-state index is 13.0. The third-order valence-electron chi connectivity index (χ3n) is 3.13. The van der Waals surface area contributed by atoms with E-state index in [4.69, 9.17) is 0 Å². The summed E-state index contributed by atoms with van der Waals surface area (Å²) in [5.41, 5.74) is 0.226. The van der Waals surface area contributed by atoms with Gasteiger partial charge in [-0.3, -0.25) is 4.79 Å². The minimum Gasteiger partial charge on any atom is -0.311 e. The van der Waals surface area contributed by atoms with Crippen LogP contribution >= 0.6 is 0 Å². The molecule has 1 heterocycles. The lowest BCUT2D eigenvalue weighted by Gasteiger charge is -2.30. The van der Waals surface area contributed by atoms with Gasteiger partial charge in [-0.2, -0.15) is 0 Å². The summed E-state index contributed by atoms with van der Waals surface area (Å²) in [5.74, 6) is -2.07. The van der Waals surface area contributed by atoms with Crippen LogP contribution in [0.25, 0.3) is 0 Å². The Labute approximate surface area is 105 Å². The lowest BCUT2D eigenvalue weighted by molar-refractivity contribution is 0.0951. The van der Waals surface area contributed by atoms with E-state index in [0.29, 0.717) is 6.42 Å². The van der Waals surface area contributed by atoms with Gasteiger partial charge in [0.2, 0.25) is 0 Å². The van der Waals surface area contributed by atoms with Crippen molar-refractivity contribution in [3.05, 3.63) is 35.4 Å². The number of Topliss-reactive ketones (excluding diaryl/α,β-unsaturated/α-hetero) is 1. The molecule has 2 rings (SSSR count). The molecule has 0 aliphatic carbocycles. The van der Waals surface area contributed by atoms with Crippen molar-refractivity contribution in [1.82, 2.24) is 10.2 Å². The van der Waals surface area contributed by atoms with Crippen LogP contribution < -0.4 is 5.32 Å². The van der Waals surface area contributed by atoms with Crippen LogP contribution in [-0.2, 0) is 0 Å². The topological polar surface area (TPSA) is 32.3 Å². The van der Waals surface area contributed by atoms with E-state index in [2.05, 4.69) is 10.2 Å². The zero-order valence-electron chi connectivity index (χ0n) is 10.2. The number of nitrogens with one attached hydrogen (secondary N) is 1. The SMILES string of the molecule is CN1CCNC(CC(=O)c2ccc(F)c(F)c2)C1. The first-order chi connectivity index (χ1) is 8.56. The van der Waals surface area contributed by atoms with Crippen LogP contribution in [0.1, 0.15) is 16.8 Å². The molecule has 0 saturated carbocycles. The first kappa shape index (κ1) is 13.1. The van der Waals surface area contributed by atoms with E-state index in [-0.39, 0.29) is 17.4 Å². The van der Waals surface area contributed by atoms with Crippen LogP contribution in [0.5, 0.6) is 0 Å². The molecule has 1 aromatic rings. The molecule has 0 amide bonds. The number of ketones is 1. The first-order valence-electron chi connectivity index (χ1n) is 5.96. The standard InChI is InChI=1S/C13H16F2N2O/c1-17-5-4-16-10(8-17)7-13(18)9-2-3-11(14)12(15)6-9/h2-3,6,10,16H,4-5,7-8H2,1H3. The van der Waals surface area contributed by atoms with Crippen LogP contribution in [0.2, 0.25) is 0 Å². The number of piperazine rings is 1. The molecule has 98 valence electrons. The zero-order valence-corrected chi connectivity index (χ0v) is 10.2. The average Bonchev–Trinajstić information content (AvgIpc) is 2.32. The summed E-state index contributed by atoms with van der Waals surface area (Å²) in [4.78, 5) is 14.1. The highest BCUT2D eigenvalue weighted by Gasteiger charge is 2.20. The molecule has 3 nitrogen and oxygen atoms in total. The molecule has 0 spiro atoms. The van der Waals surface area contributed by atoms with E-state index in [1.54, 1.807) is 0 Å². The summed E-state index contributed by atoms with van der Waals surface area (Å²) in [6, 6.07) is 3.35. The Morgan fingerprint density at radius 1 is 1.44 bits per heavy atom. The molecule has 0 bridgehead atoms. The van der Waals surface area contributed by atoms with E-state index >= 15 is 0 Å². The van der Waals surface area contributed by atoms with E-state index in [1.165, 1.54) is 6.07 Å². The predicted molar refractivity (Wildman–Crippen MR) is 64.6 cm³/mol. The average molecular weight is 254 g/mol. The summed E-state index contributed by atoms with van der Waals surface area (Å²) < 4.78 is 25.8. The van der Waals surface area contributed by atoms with Crippen molar-refractivity contribution in [2.75, 3.05) is 26.7 Å². The molecule has 1 aliphatic heterocycles. The minimum atomic E-state index is -0.977. The van der Waals surface area contributed by atoms with Gasteiger partial charge < -0.3 is 10.2 Å². The zero-order chi connectivity index (χ0) is 13.1. The number of hydrogen-bond acceptors (Lipinski definition) is 3. The maximum Gasteiger partial charge on any atom is 0.164 e. The van der Waals surface area contributed by atoms with Crippen molar-refractivity contribution >= 4 is 5.78 Å². The second kappa shape index (κ2) is 5.54. The molecule has 1 fully saturated rings. The van der Waals surface area contributed by atoms with E-state index in [9.17, 15) is 13.6 Å². The number of likely N-dealkylation sites (N-methyl/N-ethyl adjacent to an activating group) is 1. The Bertz CT molecular complexity index is 451. The number of carbonyl (C=O) groups excluding carboxylic acids is 1. The number of halogens is 2. The highest BCUT2D eigenvalue weighted by Crippen LogP contribution is 2.12. The van der Waals surface area contributed by atoms with Crippen molar-refractivity contribution in [2.24, 2.45) is 0 Å². The summed E-state index contributed by atoms with van der Waals surface area (Å²) in [7, 11) is 2.00. The van der Waals surface area contributed by atoms with Gasteiger partial charge >= 0.3 is 0 Å². The number of rotatable bonds is 3. The van der Waals surface area contributed by atoms with Crippen LogP contribution in [0.15, 0.2) is 18.2 Å². The van der Waals surface area contributed by atoms with Gasteiger partial charge in [0.1, 0.15) is 0 Å². The molecule has 18 heavy (non-hydrogen) atoms. The fourth-order valence-electron chi connectivity index (χ4n) is 2.14. The van der Waals surface area contributed by atoms with Gasteiger partial charge in [-0.15, -0.1) is 0 Å². The van der Waals surface area contributed by atoms with Crippen molar-refractivity contribution in [3.63, 3.8) is 0 Å². The molecule has 1 aliphatic rings. The molecular formula is C13H16F2N2O. The second-order valence-electron chi connectivity index (χ2n) is 4.67. The van der Waals surface area contributed by atoms with Crippen molar-refractivity contribution in [2.45, 2.75) is 12.5 Å². The molecule has 0 radical (unpaired) electrons. The number of nitrogens with zero attached hydrogens (tertiary/aromatic N) is 1. The molecule has 5 heteroatoms. The monoisotopic (exact) mass is 254 g/mol. The van der Waals surface area contributed by atoms with Gasteiger partial charge in [0.15, 0.2) is 17.4 Å². The largest absolute Gasteiger partial charge is 0.311 e. The van der Waals surface area contributed by atoms with Gasteiger partial charge in [0.25, 0.3) is 0 Å². The van der Waals surface area contributed by atoms with E-state index in [0.717, 1.165) is 31.8 Å². The fraction of sp³-hybridized carbons (Fsp3) is 0.462. The second-order valence-corrected chi connectivity index (χ2v) is 4.67. The highest BCUT2D eigenvalue weighted by atomic mass is 19.2. The van der Waals surface area contributed by atoms with Crippen molar-refractivity contribution < 1.29 is 13.6 Å². The molecule has 1 unspecified atom stereocenters. The molecule has 0 aromatic heterocycles. The minimum absolute atomic E-state index is 0.0735. The van der Waals surface area contributed by atoms with Gasteiger partial charge in [-0.1, -0.05) is 0 Å². The predicted octanol–water partition coefficient (Wildman–Crippen LogP) is 1.44. The maximum absolute atomic E-state index is 13.0. The number of hydrogen-bond donors (Lipinski definition) is 1. The highest BCUT2D eigenvalue weighted by molar-refractivity contribution is 5.96. The molecule has 1 N–H and O–H groups in total. The quantitative estimate of drug-likeness (QED) is 0.828. The third kappa shape index (κ3) is 3.11. The van der Waals surface area contributed by atoms with Crippen LogP contribution in [0.3, 0.4) is 0 Å². The summed E-state index contributed by atoms with van der Waals surface area (Å²) >= 11 is 0. The summed E-state index contributed by atoms with van der Waals surface area (Å²) in [5, 5.41) is 3.25. The van der Waals surface area contributed by atoms with Crippen LogP contribution in [0.4, 0.5) is 8.78 Å². The lowest BCUT2D eigenvalue weighted by atomic mass is 10.0. The van der Waals surface area contributed by atoms with Crippen LogP contribution in [0, 0.1) is 11.6 Å². The van der Waals surface area contributed by atoms with Gasteiger partial charge in [0, 0.05) is 37.7 Å². The molecular weight excluding hydrogens is 238 g/mol. The fourth-order valence-corrected chi connectivity index (χ4v) is 2.14.